The summed E-state index contributed by atoms with van der Waals surface area (Å²) in [4.78, 5) is 0. The van der Waals surface area contributed by atoms with Crippen LogP contribution >= 0.6 is 31.9 Å². The van der Waals surface area contributed by atoms with Gasteiger partial charge in [0.1, 0.15) is 0 Å². The van der Waals surface area contributed by atoms with Crippen molar-refractivity contribution in [2.45, 2.75) is 48.2 Å². The van der Waals surface area contributed by atoms with Crippen molar-refractivity contribution in [2.75, 3.05) is 0 Å². The van der Waals surface area contributed by atoms with E-state index in [1.165, 1.54) is 44.9 Å². The third kappa shape index (κ3) is 0.515. The number of rotatable bonds is 0. The van der Waals surface area contributed by atoms with Crippen molar-refractivity contribution in [3.63, 3.8) is 0 Å². The minimum atomic E-state index is 0.355. The summed E-state index contributed by atoms with van der Waals surface area (Å²) in [5.74, 6) is 0. The first-order valence-corrected chi connectivity index (χ1v) is 7.09. The molecule has 0 bridgehead atoms. The number of fused-ring (bicyclic) bond motifs is 3. The summed E-state index contributed by atoms with van der Waals surface area (Å²) in [5.41, 5.74) is 2.33. The van der Waals surface area contributed by atoms with Crippen LogP contribution < -0.4 is 0 Å². The summed E-state index contributed by atoms with van der Waals surface area (Å²) in [5, 5.41) is 0. The zero-order valence-corrected chi connectivity index (χ0v) is 10.9. The van der Waals surface area contributed by atoms with Gasteiger partial charge in [-0.25, -0.2) is 0 Å². The highest BCUT2D eigenvalue weighted by Crippen LogP contribution is 3.04. The Kier molecular flexibility index (Phi) is 1.14. The lowest BCUT2D eigenvalue weighted by Gasteiger charge is -2.37. The Morgan fingerprint density at radius 1 is 0.769 bits per heavy atom. The molecule has 4 aliphatic rings. The Balaban J connectivity index is 1.81. The lowest BCUT2D eigenvalue weighted by molar-refractivity contribution is 0.129. The van der Waals surface area contributed by atoms with Crippen LogP contribution in [-0.4, -0.2) is 3.23 Å². The van der Waals surface area contributed by atoms with E-state index in [0.29, 0.717) is 8.65 Å². The number of halogens is 2. The molecule has 4 fully saturated rings. The standard InChI is InChI=1S/C11H14Br2/c12-11(13)7-10(11)8(3-1-4-8)9(10)5-2-6-9/h1-7H2. The van der Waals surface area contributed by atoms with Crippen LogP contribution in [0.2, 0.25) is 0 Å². The maximum atomic E-state index is 3.89. The van der Waals surface area contributed by atoms with Gasteiger partial charge in [0.05, 0.1) is 3.23 Å². The summed E-state index contributed by atoms with van der Waals surface area (Å²) in [6, 6.07) is 0. The summed E-state index contributed by atoms with van der Waals surface area (Å²) >= 11 is 7.78. The molecular formula is C11H14Br2. The number of hydrogen-bond donors (Lipinski definition) is 0. The second-order valence-electron chi connectivity index (χ2n) is 5.66. The average molecular weight is 306 g/mol. The Morgan fingerprint density at radius 2 is 1.15 bits per heavy atom. The lowest BCUT2D eigenvalue weighted by atomic mass is 9.67. The highest BCUT2D eigenvalue weighted by atomic mass is 79.9. The van der Waals surface area contributed by atoms with Gasteiger partial charge in [-0.3, -0.25) is 0 Å². The fraction of sp³-hybridized carbons (Fsp3) is 1.00. The first-order chi connectivity index (χ1) is 6.12. The van der Waals surface area contributed by atoms with Gasteiger partial charge in [0.2, 0.25) is 0 Å². The van der Waals surface area contributed by atoms with E-state index in [9.17, 15) is 0 Å². The summed E-state index contributed by atoms with van der Waals surface area (Å²) < 4.78 is 0.355. The van der Waals surface area contributed by atoms with Gasteiger partial charge < -0.3 is 0 Å². The van der Waals surface area contributed by atoms with Crippen molar-refractivity contribution >= 4 is 31.9 Å². The summed E-state index contributed by atoms with van der Waals surface area (Å²) in [7, 11) is 0. The maximum Gasteiger partial charge on any atom is 0.0879 e. The summed E-state index contributed by atoms with van der Waals surface area (Å²) in [6.07, 6.45) is 10.5. The predicted octanol–water partition coefficient (Wildman–Crippen LogP) is 4.22. The van der Waals surface area contributed by atoms with Gasteiger partial charge in [-0.15, -0.1) is 0 Å². The normalized spacial score (nSPS) is 42.9. The lowest BCUT2D eigenvalue weighted by Crippen LogP contribution is -2.26. The zero-order valence-electron chi connectivity index (χ0n) is 7.71. The molecular weight excluding hydrogens is 292 g/mol. The van der Waals surface area contributed by atoms with Crippen LogP contribution in [0.4, 0.5) is 0 Å². The van der Waals surface area contributed by atoms with Crippen LogP contribution in [0.5, 0.6) is 0 Å². The van der Waals surface area contributed by atoms with Gasteiger partial charge in [0.25, 0.3) is 0 Å². The Labute approximate surface area is 96.1 Å². The highest BCUT2D eigenvalue weighted by molar-refractivity contribution is 9.25. The number of hydrogen-bond acceptors (Lipinski definition) is 0. The van der Waals surface area contributed by atoms with Crippen LogP contribution in [0, 0.1) is 16.2 Å². The Morgan fingerprint density at radius 3 is 1.23 bits per heavy atom. The van der Waals surface area contributed by atoms with E-state index in [0.717, 1.165) is 10.8 Å². The molecule has 4 rings (SSSR count). The van der Waals surface area contributed by atoms with Crippen LogP contribution in [0.3, 0.4) is 0 Å². The van der Waals surface area contributed by atoms with E-state index in [1.807, 2.05) is 0 Å². The molecule has 0 aromatic rings. The average Bonchev–Trinajstić information content (AvgIpc) is 2.61. The topological polar surface area (TPSA) is 0 Å². The third-order valence-electron chi connectivity index (χ3n) is 5.89. The van der Waals surface area contributed by atoms with Gasteiger partial charge in [-0.1, -0.05) is 44.7 Å². The van der Waals surface area contributed by atoms with Gasteiger partial charge >= 0.3 is 0 Å². The molecule has 0 atom stereocenters. The molecule has 13 heavy (non-hydrogen) atoms. The molecule has 72 valence electrons. The molecule has 2 heteroatoms. The van der Waals surface area contributed by atoms with E-state index in [4.69, 9.17) is 0 Å². The molecule has 0 saturated heterocycles. The van der Waals surface area contributed by atoms with E-state index in [2.05, 4.69) is 31.9 Å². The monoisotopic (exact) mass is 304 g/mol. The van der Waals surface area contributed by atoms with Gasteiger partial charge in [0, 0.05) is 5.41 Å². The molecule has 0 aliphatic heterocycles. The zero-order chi connectivity index (χ0) is 8.95. The van der Waals surface area contributed by atoms with E-state index in [-0.39, 0.29) is 0 Å². The smallest absolute Gasteiger partial charge is 0.0720 e. The number of alkyl halides is 2. The van der Waals surface area contributed by atoms with Gasteiger partial charge in [-0.2, -0.15) is 0 Å². The van der Waals surface area contributed by atoms with E-state index >= 15 is 0 Å². The van der Waals surface area contributed by atoms with Crippen molar-refractivity contribution in [1.82, 2.24) is 0 Å². The molecule has 0 N–H and O–H groups in total. The van der Waals surface area contributed by atoms with Crippen molar-refractivity contribution in [2.24, 2.45) is 16.2 Å². The molecule has 0 aromatic carbocycles. The van der Waals surface area contributed by atoms with E-state index in [1.54, 1.807) is 0 Å². The molecule has 0 amide bonds. The first kappa shape index (κ1) is 8.15. The van der Waals surface area contributed by atoms with Crippen molar-refractivity contribution in [3.05, 3.63) is 0 Å². The minimum Gasteiger partial charge on any atom is -0.0720 e. The molecule has 0 nitrogen and oxygen atoms in total. The van der Waals surface area contributed by atoms with Crippen LogP contribution in [0.25, 0.3) is 0 Å². The van der Waals surface area contributed by atoms with Crippen LogP contribution in [0.15, 0.2) is 0 Å². The van der Waals surface area contributed by atoms with Gasteiger partial charge in [-0.05, 0) is 42.9 Å². The quantitative estimate of drug-likeness (QED) is 0.588. The second kappa shape index (κ2) is 1.81. The molecule has 0 radical (unpaired) electrons. The van der Waals surface area contributed by atoms with Crippen molar-refractivity contribution in [1.29, 1.82) is 0 Å². The summed E-state index contributed by atoms with van der Waals surface area (Å²) in [6.45, 7) is 0. The van der Waals surface area contributed by atoms with Crippen LogP contribution in [0.1, 0.15) is 44.9 Å². The van der Waals surface area contributed by atoms with Crippen LogP contribution in [-0.2, 0) is 0 Å². The molecule has 0 unspecified atom stereocenters. The largest absolute Gasteiger partial charge is 0.0879 e. The van der Waals surface area contributed by atoms with E-state index < -0.39 is 0 Å². The molecule has 4 aliphatic carbocycles. The van der Waals surface area contributed by atoms with Crippen molar-refractivity contribution in [3.8, 4) is 0 Å². The highest BCUT2D eigenvalue weighted by Gasteiger charge is 3.00. The SMILES string of the molecule is BrC1(Br)CC12C1(CCC1)C21CCC1. The molecule has 3 spiro atoms. The fourth-order valence-corrected chi connectivity index (χ4v) is 7.49. The molecule has 4 saturated carbocycles. The second-order valence-corrected chi connectivity index (χ2v) is 9.43. The molecule has 0 heterocycles. The predicted molar refractivity (Wildman–Crippen MR) is 60.2 cm³/mol. The fourth-order valence-electron chi connectivity index (χ4n) is 5.13. The Hall–Kier alpha value is 0.960. The maximum absolute atomic E-state index is 3.89. The Bertz CT molecular complexity index is 277. The minimum absolute atomic E-state index is 0.355. The van der Waals surface area contributed by atoms with Gasteiger partial charge in [0.15, 0.2) is 0 Å². The molecule has 0 aromatic heterocycles. The third-order valence-corrected chi connectivity index (χ3v) is 7.80. The first-order valence-electron chi connectivity index (χ1n) is 5.50. The van der Waals surface area contributed by atoms with Crippen molar-refractivity contribution < 1.29 is 0 Å².